The number of rotatable bonds is 5. The fourth-order valence-electron chi connectivity index (χ4n) is 2.15. The topological polar surface area (TPSA) is 41.0 Å². The number of anilines is 3. The van der Waals surface area contributed by atoms with Crippen molar-refractivity contribution in [2.45, 2.75) is 27.2 Å². The second kappa shape index (κ2) is 6.37. The number of nitrogens with zero attached hydrogens (tertiary/aromatic N) is 3. The molecule has 0 fully saturated rings. The molecule has 4 nitrogen and oxygen atoms in total. The van der Waals surface area contributed by atoms with Crippen molar-refractivity contribution in [3.05, 3.63) is 41.7 Å². The van der Waals surface area contributed by atoms with Crippen molar-refractivity contribution in [3.63, 3.8) is 0 Å². The van der Waals surface area contributed by atoms with Crippen LogP contribution in [0.15, 0.2) is 30.3 Å². The van der Waals surface area contributed by atoms with E-state index in [0.29, 0.717) is 0 Å². The SMILES string of the molecule is CCNc1cc(N(C)c2ccccc2C)nc(CC)n1. The maximum Gasteiger partial charge on any atom is 0.138 e. The molecule has 0 aliphatic carbocycles. The summed E-state index contributed by atoms with van der Waals surface area (Å²) in [5.41, 5.74) is 2.40. The normalized spacial score (nSPS) is 10.4. The molecule has 2 rings (SSSR count). The van der Waals surface area contributed by atoms with E-state index in [4.69, 9.17) is 0 Å². The van der Waals surface area contributed by atoms with Crippen LogP contribution in [-0.4, -0.2) is 23.6 Å². The highest BCUT2D eigenvalue weighted by molar-refractivity contribution is 5.64. The fraction of sp³-hybridized carbons (Fsp3) is 0.375. The minimum Gasteiger partial charge on any atom is -0.370 e. The summed E-state index contributed by atoms with van der Waals surface area (Å²) in [7, 11) is 2.04. The van der Waals surface area contributed by atoms with Crippen molar-refractivity contribution < 1.29 is 0 Å². The van der Waals surface area contributed by atoms with Crippen molar-refractivity contribution in [2.24, 2.45) is 0 Å². The van der Waals surface area contributed by atoms with E-state index < -0.39 is 0 Å². The molecule has 1 aromatic carbocycles. The Bertz CT molecular complexity index is 580. The molecule has 0 spiro atoms. The largest absolute Gasteiger partial charge is 0.370 e. The first-order chi connectivity index (χ1) is 9.65. The quantitative estimate of drug-likeness (QED) is 0.902. The summed E-state index contributed by atoms with van der Waals surface area (Å²) in [6.45, 7) is 7.10. The lowest BCUT2D eigenvalue weighted by molar-refractivity contribution is 0.922. The highest BCUT2D eigenvalue weighted by Crippen LogP contribution is 2.26. The maximum absolute atomic E-state index is 4.63. The van der Waals surface area contributed by atoms with E-state index in [2.05, 4.69) is 53.1 Å². The molecule has 0 aliphatic rings. The molecule has 0 radical (unpaired) electrons. The molecule has 0 aliphatic heterocycles. The van der Waals surface area contributed by atoms with Crippen LogP contribution in [0.4, 0.5) is 17.3 Å². The summed E-state index contributed by atoms with van der Waals surface area (Å²) in [6.07, 6.45) is 0.827. The van der Waals surface area contributed by atoms with Crippen LogP contribution in [0.2, 0.25) is 0 Å². The number of para-hydroxylation sites is 1. The monoisotopic (exact) mass is 270 g/mol. The molecule has 1 aromatic heterocycles. The standard InChI is InChI=1S/C16H22N4/c1-5-14-18-15(17-6-2)11-16(19-14)20(4)13-10-8-7-9-12(13)3/h7-11H,5-6H2,1-4H3,(H,17,18,19). The van der Waals surface area contributed by atoms with E-state index in [9.17, 15) is 0 Å². The van der Waals surface area contributed by atoms with Crippen LogP contribution >= 0.6 is 0 Å². The number of aromatic nitrogens is 2. The Morgan fingerprint density at radius 2 is 1.90 bits per heavy atom. The Balaban J connectivity index is 2.40. The van der Waals surface area contributed by atoms with Gasteiger partial charge >= 0.3 is 0 Å². The first-order valence-electron chi connectivity index (χ1n) is 7.06. The zero-order valence-electron chi connectivity index (χ0n) is 12.6. The molecule has 1 heterocycles. The van der Waals surface area contributed by atoms with Crippen LogP contribution in [0.1, 0.15) is 25.2 Å². The van der Waals surface area contributed by atoms with Crippen molar-refractivity contribution in [3.8, 4) is 0 Å². The van der Waals surface area contributed by atoms with E-state index in [1.165, 1.54) is 5.56 Å². The van der Waals surface area contributed by atoms with Crippen molar-refractivity contribution in [2.75, 3.05) is 23.8 Å². The first-order valence-corrected chi connectivity index (χ1v) is 7.06. The second-order valence-electron chi connectivity index (χ2n) is 4.76. The van der Waals surface area contributed by atoms with Crippen LogP contribution < -0.4 is 10.2 Å². The molecule has 1 N–H and O–H groups in total. The average molecular weight is 270 g/mol. The summed E-state index contributed by atoms with van der Waals surface area (Å²) in [6, 6.07) is 10.3. The minimum absolute atomic E-state index is 0.827. The fourth-order valence-corrected chi connectivity index (χ4v) is 2.15. The lowest BCUT2D eigenvalue weighted by Crippen LogP contribution is -2.15. The van der Waals surface area contributed by atoms with E-state index in [-0.39, 0.29) is 0 Å². The lowest BCUT2D eigenvalue weighted by atomic mass is 10.2. The number of hydrogen-bond donors (Lipinski definition) is 1. The van der Waals surface area contributed by atoms with E-state index in [0.717, 1.165) is 36.1 Å². The number of benzene rings is 1. The predicted octanol–water partition coefficient (Wildman–Crippen LogP) is 3.55. The number of hydrogen-bond acceptors (Lipinski definition) is 4. The van der Waals surface area contributed by atoms with Crippen LogP contribution in [0.25, 0.3) is 0 Å². The van der Waals surface area contributed by atoms with E-state index in [1.54, 1.807) is 0 Å². The van der Waals surface area contributed by atoms with Gasteiger partial charge in [0.15, 0.2) is 0 Å². The van der Waals surface area contributed by atoms with Gasteiger partial charge in [0.1, 0.15) is 17.5 Å². The Labute approximate surface area is 120 Å². The lowest BCUT2D eigenvalue weighted by Gasteiger charge is -2.21. The smallest absolute Gasteiger partial charge is 0.138 e. The van der Waals surface area contributed by atoms with Gasteiger partial charge in [-0.1, -0.05) is 25.1 Å². The molecule has 4 heteroatoms. The number of nitrogens with one attached hydrogen (secondary N) is 1. The van der Waals surface area contributed by atoms with Crippen molar-refractivity contribution >= 4 is 17.3 Å². The molecule has 0 atom stereocenters. The van der Waals surface area contributed by atoms with Gasteiger partial charge in [-0.3, -0.25) is 0 Å². The highest BCUT2D eigenvalue weighted by atomic mass is 15.2. The molecule has 0 bridgehead atoms. The third-order valence-corrected chi connectivity index (χ3v) is 3.25. The Hall–Kier alpha value is -2.10. The van der Waals surface area contributed by atoms with Gasteiger partial charge in [-0.15, -0.1) is 0 Å². The van der Waals surface area contributed by atoms with E-state index >= 15 is 0 Å². The third-order valence-electron chi connectivity index (χ3n) is 3.25. The molecular formula is C16H22N4. The average Bonchev–Trinajstić information content (AvgIpc) is 2.47. The van der Waals surface area contributed by atoms with Crippen LogP contribution in [0.5, 0.6) is 0 Å². The molecule has 0 amide bonds. The van der Waals surface area contributed by atoms with Gasteiger partial charge in [0.25, 0.3) is 0 Å². The van der Waals surface area contributed by atoms with Crippen molar-refractivity contribution in [1.29, 1.82) is 0 Å². The van der Waals surface area contributed by atoms with Crippen molar-refractivity contribution in [1.82, 2.24) is 9.97 Å². The summed E-state index contributed by atoms with van der Waals surface area (Å²) in [4.78, 5) is 11.2. The van der Waals surface area contributed by atoms with Gasteiger partial charge in [-0.25, -0.2) is 9.97 Å². The van der Waals surface area contributed by atoms with Gasteiger partial charge in [-0.05, 0) is 25.5 Å². The Morgan fingerprint density at radius 1 is 1.15 bits per heavy atom. The van der Waals surface area contributed by atoms with Gasteiger partial charge in [-0.2, -0.15) is 0 Å². The third kappa shape index (κ3) is 3.07. The molecule has 0 saturated carbocycles. The van der Waals surface area contributed by atoms with Gasteiger partial charge < -0.3 is 10.2 Å². The van der Waals surface area contributed by atoms with E-state index in [1.807, 2.05) is 25.2 Å². The minimum atomic E-state index is 0.827. The summed E-state index contributed by atoms with van der Waals surface area (Å²) in [5.74, 6) is 2.66. The first kappa shape index (κ1) is 14.3. The maximum atomic E-state index is 4.63. The summed E-state index contributed by atoms with van der Waals surface area (Å²) in [5, 5.41) is 3.27. The summed E-state index contributed by atoms with van der Waals surface area (Å²) < 4.78 is 0. The molecule has 2 aromatic rings. The van der Waals surface area contributed by atoms with Crippen LogP contribution in [0, 0.1) is 6.92 Å². The van der Waals surface area contributed by atoms with Gasteiger partial charge in [0.2, 0.25) is 0 Å². The molecule has 0 saturated heterocycles. The van der Waals surface area contributed by atoms with Gasteiger partial charge in [0, 0.05) is 31.8 Å². The Kier molecular flexibility index (Phi) is 4.56. The van der Waals surface area contributed by atoms with Crippen LogP contribution in [0.3, 0.4) is 0 Å². The molecule has 0 unspecified atom stereocenters. The zero-order chi connectivity index (χ0) is 14.5. The molecule has 20 heavy (non-hydrogen) atoms. The Morgan fingerprint density at radius 3 is 2.55 bits per heavy atom. The second-order valence-corrected chi connectivity index (χ2v) is 4.76. The van der Waals surface area contributed by atoms with Crippen LogP contribution in [-0.2, 0) is 6.42 Å². The zero-order valence-corrected chi connectivity index (χ0v) is 12.6. The highest BCUT2D eigenvalue weighted by Gasteiger charge is 2.10. The van der Waals surface area contributed by atoms with Gasteiger partial charge in [0.05, 0.1) is 0 Å². The number of aryl methyl sites for hydroxylation is 2. The summed E-state index contributed by atoms with van der Waals surface area (Å²) >= 11 is 0. The molecular weight excluding hydrogens is 248 g/mol. The predicted molar refractivity (Wildman–Crippen MR) is 84.8 cm³/mol. The molecule has 106 valence electrons.